The normalized spacial score (nSPS) is 20.6. The number of piperidine rings is 1. The van der Waals surface area contributed by atoms with E-state index in [1.54, 1.807) is 12.4 Å². The van der Waals surface area contributed by atoms with E-state index >= 15 is 0 Å². The molecule has 1 unspecified atom stereocenters. The summed E-state index contributed by atoms with van der Waals surface area (Å²) in [6, 6.07) is 6.63. The van der Waals surface area contributed by atoms with Crippen LogP contribution in [0.3, 0.4) is 0 Å². The fourth-order valence-corrected chi connectivity index (χ4v) is 3.82. The zero-order valence-electron chi connectivity index (χ0n) is 15.2. The third-order valence-electron chi connectivity index (χ3n) is 5.61. The van der Waals surface area contributed by atoms with Crippen molar-refractivity contribution in [2.75, 3.05) is 11.9 Å². The second-order valence-corrected chi connectivity index (χ2v) is 7.41. The maximum absolute atomic E-state index is 13.0. The fraction of sp³-hybridized carbons (Fsp3) is 0.550. The van der Waals surface area contributed by atoms with Crippen LogP contribution >= 0.6 is 0 Å². The van der Waals surface area contributed by atoms with Crippen LogP contribution in [0.4, 0.5) is 5.82 Å². The molecule has 138 valence electrons. The van der Waals surface area contributed by atoms with E-state index in [0.717, 1.165) is 38.2 Å². The van der Waals surface area contributed by atoms with Crippen molar-refractivity contribution in [1.82, 2.24) is 19.7 Å². The Morgan fingerprint density at radius 2 is 2.12 bits per heavy atom. The summed E-state index contributed by atoms with van der Waals surface area (Å²) in [4.78, 5) is 19.5. The summed E-state index contributed by atoms with van der Waals surface area (Å²) in [5.41, 5.74) is 0.690. The highest BCUT2D eigenvalue weighted by Crippen LogP contribution is 2.24. The van der Waals surface area contributed by atoms with Crippen LogP contribution in [0.5, 0.6) is 0 Å². The van der Waals surface area contributed by atoms with Crippen molar-refractivity contribution in [3.8, 4) is 0 Å². The maximum atomic E-state index is 13.0. The first kappa shape index (κ1) is 17.1. The first-order valence-electron chi connectivity index (χ1n) is 9.80. The maximum Gasteiger partial charge on any atom is 0.255 e. The van der Waals surface area contributed by atoms with Gasteiger partial charge in [-0.2, -0.15) is 5.10 Å². The van der Waals surface area contributed by atoms with Gasteiger partial charge in [0.05, 0.1) is 5.56 Å². The molecule has 1 saturated carbocycles. The highest BCUT2D eigenvalue weighted by Gasteiger charge is 2.27. The van der Waals surface area contributed by atoms with E-state index in [2.05, 4.69) is 15.4 Å². The topological polar surface area (TPSA) is 63.1 Å². The lowest BCUT2D eigenvalue weighted by molar-refractivity contribution is 0.0593. The molecule has 2 fully saturated rings. The number of carbonyl (C=O) groups excluding carboxylic acids is 1. The van der Waals surface area contributed by atoms with Crippen molar-refractivity contribution in [1.29, 1.82) is 0 Å². The van der Waals surface area contributed by atoms with Gasteiger partial charge in [-0.3, -0.25) is 9.48 Å². The van der Waals surface area contributed by atoms with Crippen LogP contribution in [0.15, 0.2) is 36.8 Å². The van der Waals surface area contributed by atoms with Gasteiger partial charge >= 0.3 is 0 Å². The van der Waals surface area contributed by atoms with Gasteiger partial charge in [0.25, 0.3) is 5.91 Å². The number of likely N-dealkylation sites (tertiary alicyclic amines) is 1. The van der Waals surface area contributed by atoms with E-state index in [4.69, 9.17) is 0 Å². The summed E-state index contributed by atoms with van der Waals surface area (Å²) in [7, 11) is 0. The first-order valence-corrected chi connectivity index (χ1v) is 9.80. The summed E-state index contributed by atoms with van der Waals surface area (Å²) >= 11 is 0. The molecule has 1 aliphatic carbocycles. The van der Waals surface area contributed by atoms with Crippen LogP contribution < -0.4 is 5.32 Å². The number of aryl methyl sites for hydroxylation is 1. The average molecular weight is 353 g/mol. The van der Waals surface area contributed by atoms with Gasteiger partial charge in [-0.05, 0) is 63.1 Å². The summed E-state index contributed by atoms with van der Waals surface area (Å²) in [6.45, 7) is 1.69. The molecule has 2 aliphatic rings. The molecule has 1 atom stereocenters. The minimum Gasteiger partial charge on any atom is -0.367 e. The van der Waals surface area contributed by atoms with Crippen molar-refractivity contribution >= 4 is 11.7 Å². The van der Waals surface area contributed by atoms with E-state index < -0.39 is 0 Å². The number of aromatic nitrogens is 3. The van der Waals surface area contributed by atoms with Gasteiger partial charge in [0.2, 0.25) is 0 Å². The monoisotopic (exact) mass is 353 g/mol. The second kappa shape index (κ2) is 7.89. The molecule has 2 aromatic heterocycles. The number of nitrogens with zero attached hydrogens (tertiary/aromatic N) is 4. The number of rotatable bonds is 6. The van der Waals surface area contributed by atoms with Gasteiger partial charge in [0.1, 0.15) is 5.82 Å². The van der Waals surface area contributed by atoms with Crippen LogP contribution in [0.2, 0.25) is 0 Å². The average Bonchev–Trinajstić information content (AvgIpc) is 3.17. The summed E-state index contributed by atoms with van der Waals surface area (Å²) < 4.78 is 1.94. The van der Waals surface area contributed by atoms with Gasteiger partial charge < -0.3 is 10.2 Å². The Morgan fingerprint density at radius 3 is 2.81 bits per heavy atom. The Balaban J connectivity index is 1.39. The first-order chi connectivity index (χ1) is 12.8. The molecule has 2 aromatic rings. The second-order valence-electron chi connectivity index (χ2n) is 7.41. The number of pyridine rings is 1. The SMILES string of the molecule is O=C(c1ccc(NC2CCC2)nc1)N1CCCCC1CCn1cccn1. The quantitative estimate of drug-likeness (QED) is 0.865. The number of hydrogen-bond acceptors (Lipinski definition) is 4. The summed E-state index contributed by atoms with van der Waals surface area (Å²) in [5, 5.41) is 7.69. The Morgan fingerprint density at radius 1 is 1.19 bits per heavy atom. The predicted octanol–water partition coefficient (Wildman–Crippen LogP) is 3.33. The number of carbonyl (C=O) groups is 1. The number of nitrogens with one attached hydrogen (secondary N) is 1. The number of hydrogen-bond donors (Lipinski definition) is 1. The molecule has 1 N–H and O–H groups in total. The molecule has 1 aliphatic heterocycles. The number of amides is 1. The Hall–Kier alpha value is -2.37. The molecule has 0 spiro atoms. The lowest BCUT2D eigenvalue weighted by atomic mass is 9.93. The number of anilines is 1. The third kappa shape index (κ3) is 3.89. The van der Waals surface area contributed by atoms with E-state index in [0.29, 0.717) is 11.6 Å². The molecule has 6 nitrogen and oxygen atoms in total. The Kier molecular flexibility index (Phi) is 5.18. The molecule has 1 saturated heterocycles. The van der Waals surface area contributed by atoms with Crippen LogP contribution in [0.1, 0.15) is 55.3 Å². The Labute approximate surface area is 154 Å². The highest BCUT2D eigenvalue weighted by atomic mass is 16.2. The molecule has 1 amide bonds. The van der Waals surface area contributed by atoms with Crippen molar-refractivity contribution < 1.29 is 4.79 Å². The molecule has 6 heteroatoms. The zero-order chi connectivity index (χ0) is 17.8. The molecular weight excluding hydrogens is 326 g/mol. The van der Waals surface area contributed by atoms with Gasteiger partial charge in [0.15, 0.2) is 0 Å². The zero-order valence-corrected chi connectivity index (χ0v) is 15.2. The van der Waals surface area contributed by atoms with Crippen molar-refractivity contribution in [2.24, 2.45) is 0 Å². The van der Waals surface area contributed by atoms with Crippen LogP contribution in [-0.2, 0) is 6.54 Å². The van der Waals surface area contributed by atoms with Gasteiger partial charge in [-0.15, -0.1) is 0 Å². The van der Waals surface area contributed by atoms with Gasteiger partial charge in [0, 0.05) is 43.8 Å². The van der Waals surface area contributed by atoms with Crippen molar-refractivity contribution in [2.45, 2.75) is 63.6 Å². The van der Waals surface area contributed by atoms with E-state index in [1.165, 1.54) is 25.7 Å². The largest absolute Gasteiger partial charge is 0.367 e. The third-order valence-corrected chi connectivity index (χ3v) is 5.61. The van der Waals surface area contributed by atoms with E-state index in [9.17, 15) is 4.79 Å². The molecule has 0 aromatic carbocycles. The fourth-order valence-electron chi connectivity index (χ4n) is 3.82. The molecule has 3 heterocycles. The predicted molar refractivity (Wildman–Crippen MR) is 101 cm³/mol. The Bertz CT molecular complexity index is 708. The van der Waals surface area contributed by atoms with Gasteiger partial charge in [-0.25, -0.2) is 4.98 Å². The van der Waals surface area contributed by atoms with Crippen LogP contribution in [0, 0.1) is 0 Å². The standard InChI is InChI=1S/C20H27N5O/c26-20(16-8-9-19(21-15-16)23-17-5-3-6-17)25-13-2-1-7-18(25)10-14-24-12-4-11-22-24/h4,8-9,11-12,15,17-18H,1-3,5-7,10,13-14H2,(H,21,23). The molecule has 4 rings (SSSR count). The van der Waals surface area contributed by atoms with Crippen molar-refractivity contribution in [3.05, 3.63) is 42.4 Å². The molecule has 26 heavy (non-hydrogen) atoms. The summed E-state index contributed by atoms with van der Waals surface area (Å²) in [5.74, 6) is 0.984. The summed E-state index contributed by atoms with van der Waals surface area (Å²) in [6.07, 6.45) is 13.5. The molecule has 0 radical (unpaired) electrons. The van der Waals surface area contributed by atoms with Gasteiger partial charge in [-0.1, -0.05) is 0 Å². The lowest BCUT2D eigenvalue weighted by Gasteiger charge is -2.36. The van der Waals surface area contributed by atoms with E-state index in [-0.39, 0.29) is 11.9 Å². The molecular formula is C20H27N5O. The van der Waals surface area contributed by atoms with Crippen LogP contribution in [0.25, 0.3) is 0 Å². The van der Waals surface area contributed by atoms with Crippen LogP contribution in [-0.4, -0.2) is 44.2 Å². The van der Waals surface area contributed by atoms with E-state index in [1.807, 2.05) is 34.0 Å². The lowest BCUT2D eigenvalue weighted by Crippen LogP contribution is -2.44. The highest BCUT2D eigenvalue weighted by molar-refractivity contribution is 5.94. The van der Waals surface area contributed by atoms with Crippen molar-refractivity contribution in [3.63, 3.8) is 0 Å². The molecule has 0 bridgehead atoms. The minimum absolute atomic E-state index is 0.109. The minimum atomic E-state index is 0.109. The smallest absolute Gasteiger partial charge is 0.255 e.